The molecule has 0 aliphatic heterocycles. The smallest absolute Gasteiger partial charge is 0.190 e. The zero-order valence-electron chi connectivity index (χ0n) is 15.5. The number of benzene rings is 1. The van der Waals surface area contributed by atoms with Gasteiger partial charge in [0.2, 0.25) is 0 Å². The molecule has 2 N–H and O–H groups in total. The lowest BCUT2D eigenvalue weighted by atomic mass is 10.1. The fourth-order valence-corrected chi connectivity index (χ4v) is 2.76. The number of aromatic nitrogens is 2. The van der Waals surface area contributed by atoms with Gasteiger partial charge in [0.25, 0.3) is 0 Å². The zero-order valence-corrected chi connectivity index (χ0v) is 18.5. The molecule has 0 amide bonds. The molecule has 2 aromatic rings. The first kappa shape index (κ1) is 22.6. The Bertz CT molecular complexity index is 705. The summed E-state index contributed by atoms with van der Waals surface area (Å²) in [6.07, 6.45) is 6.80. The number of nitrogens with one attached hydrogen (secondary N) is 2. The maximum atomic E-state index is 6.26. The summed E-state index contributed by atoms with van der Waals surface area (Å²) in [5.74, 6) is 1.57. The number of nitrogens with zero attached hydrogens (tertiary/aromatic N) is 3. The normalized spacial score (nSPS) is 11.0. The molecular formula is C18H27ClIN5O. The van der Waals surface area contributed by atoms with Gasteiger partial charge in [-0.2, -0.15) is 5.10 Å². The number of hydrogen-bond donors (Lipinski definition) is 2. The van der Waals surface area contributed by atoms with E-state index in [0.717, 1.165) is 54.6 Å². The number of rotatable bonds is 8. The molecule has 0 aliphatic rings. The van der Waals surface area contributed by atoms with E-state index in [2.05, 4.69) is 20.7 Å². The maximum Gasteiger partial charge on any atom is 0.190 e. The van der Waals surface area contributed by atoms with Crippen LogP contribution >= 0.6 is 35.6 Å². The molecule has 0 radical (unpaired) electrons. The Morgan fingerprint density at radius 1 is 1.27 bits per heavy atom. The summed E-state index contributed by atoms with van der Waals surface area (Å²) in [6.45, 7) is 1.62. The third kappa shape index (κ3) is 7.41. The number of guanidine groups is 1. The molecule has 0 unspecified atom stereocenters. The number of methoxy groups -OCH3 is 1. The van der Waals surface area contributed by atoms with Crippen LogP contribution in [0.15, 0.2) is 35.6 Å². The molecule has 144 valence electrons. The molecule has 0 spiro atoms. The summed E-state index contributed by atoms with van der Waals surface area (Å²) in [7, 11) is 5.34. The molecule has 1 aromatic carbocycles. The highest BCUT2D eigenvalue weighted by atomic mass is 127. The largest absolute Gasteiger partial charge is 0.497 e. The Morgan fingerprint density at radius 2 is 2.04 bits per heavy atom. The second kappa shape index (κ2) is 12.0. The maximum absolute atomic E-state index is 6.26. The molecular weight excluding hydrogens is 465 g/mol. The van der Waals surface area contributed by atoms with Gasteiger partial charge in [0.05, 0.1) is 13.3 Å². The van der Waals surface area contributed by atoms with E-state index in [9.17, 15) is 0 Å². The Hall–Kier alpha value is -1.48. The van der Waals surface area contributed by atoms with Crippen molar-refractivity contribution < 1.29 is 4.74 Å². The highest BCUT2D eigenvalue weighted by Gasteiger charge is 2.03. The monoisotopic (exact) mass is 491 g/mol. The van der Waals surface area contributed by atoms with Crippen LogP contribution in [0.4, 0.5) is 0 Å². The number of hydrogen-bond acceptors (Lipinski definition) is 3. The third-order valence-corrected chi connectivity index (χ3v) is 4.22. The van der Waals surface area contributed by atoms with Gasteiger partial charge in [-0.25, -0.2) is 0 Å². The lowest BCUT2D eigenvalue weighted by Crippen LogP contribution is -2.38. The highest BCUT2D eigenvalue weighted by Crippen LogP contribution is 2.22. The molecule has 6 nitrogen and oxygen atoms in total. The van der Waals surface area contributed by atoms with Gasteiger partial charge in [0.1, 0.15) is 5.75 Å². The first-order chi connectivity index (χ1) is 12.1. The minimum Gasteiger partial charge on any atom is -0.497 e. The van der Waals surface area contributed by atoms with E-state index in [1.807, 2.05) is 42.3 Å². The first-order valence-electron chi connectivity index (χ1n) is 8.37. The average molecular weight is 492 g/mol. The van der Waals surface area contributed by atoms with Gasteiger partial charge in [-0.15, -0.1) is 24.0 Å². The second-order valence-electron chi connectivity index (χ2n) is 5.76. The standard InChI is InChI=1S/C18H26ClN5O.HI/c1-20-18(21-9-4-5-14-12-23-24(2)13-14)22-10-8-15-6-7-16(25-3)11-17(15)19;/h6-7,11-13H,4-5,8-10H2,1-3H3,(H2,20,21,22);1H. The fourth-order valence-electron chi connectivity index (χ4n) is 2.49. The van der Waals surface area contributed by atoms with Crippen LogP contribution in [-0.2, 0) is 19.9 Å². The molecule has 8 heteroatoms. The Labute approximate surface area is 177 Å². The van der Waals surface area contributed by atoms with Crippen molar-refractivity contribution in [3.63, 3.8) is 0 Å². The molecule has 1 heterocycles. The summed E-state index contributed by atoms with van der Waals surface area (Å²) in [6, 6.07) is 5.75. The quantitative estimate of drug-likeness (QED) is 0.258. The van der Waals surface area contributed by atoms with Gasteiger partial charge in [-0.05, 0) is 42.5 Å². The van der Waals surface area contributed by atoms with Crippen LogP contribution < -0.4 is 15.4 Å². The van der Waals surface area contributed by atoms with E-state index in [0.29, 0.717) is 0 Å². The van der Waals surface area contributed by atoms with E-state index in [4.69, 9.17) is 16.3 Å². The molecule has 1 aromatic heterocycles. The van der Waals surface area contributed by atoms with Gasteiger partial charge in [-0.3, -0.25) is 9.67 Å². The first-order valence-corrected chi connectivity index (χ1v) is 8.74. The molecule has 0 atom stereocenters. The number of ether oxygens (including phenoxy) is 1. The van der Waals surface area contributed by atoms with E-state index in [-0.39, 0.29) is 24.0 Å². The molecule has 0 bridgehead atoms. The van der Waals surface area contributed by atoms with E-state index < -0.39 is 0 Å². The van der Waals surface area contributed by atoms with E-state index >= 15 is 0 Å². The summed E-state index contributed by atoms with van der Waals surface area (Å²) >= 11 is 6.26. The SMILES string of the molecule is CN=C(NCCCc1cnn(C)c1)NCCc1ccc(OC)cc1Cl.I. The van der Waals surface area contributed by atoms with E-state index in [1.165, 1.54) is 5.56 Å². The van der Waals surface area contributed by atoms with Crippen LogP contribution in [0.3, 0.4) is 0 Å². The van der Waals surface area contributed by atoms with Crippen molar-refractivity contribution in [1.82, 2.24) is 20.4 Å². The average Bonchev–Trinajstić information content (AvgIpc) is 3.03. The third-order valence-electron chi connectivity index (χ3n) is 3.86. The van der Waals surface area contributed by atoms with Crippen molar-refractivity contribution in [3.05, 3.63) is 46.7 Å². The molecule has 0 saturated heterocycles. The predicted octanol–water partition coefficient (Wildman–Crippen LogP) is 3.04. The van der Waals surface area contributed by atoms with Crippen molar-refractivity contribution in [2.75, 3.05) is 27.2 Å². The van der Waals surface area contributed by atoms with Crippen LogP contribution in [0.25, 0.3) is 0 Å². The summed E-state index contributed by atoms with van der Waals surface area (Å²) in [5.41, 5.74) is 2.34. The van der Waals surface area contributed by atoms with Crippen LogP contribution in [0.5, 0.6) is 5.75 Å². The number of aliphatic imine (C=N–C) groups is 1. The van der Waals surface area contributed by atoms with Gasteiger partial charge in [0.15, 0.2) is 5.96 Å². The lowest BCUT2D eigenvalue weighted by Gasteiger charge is -2.12. The predicted molar refractivity (Wildman–Crippen MR) is 118 cm³/mol. The second-order valence-corrected chi connectivity index (χ2v) is 6.17. The van der Waals surface area contributed by atoms with Crippen molar-refractivity contribution in [1.29, 1.82) is 0 Å². The topological polar surface area (TPSA) is 63.5 Å². The van der Waals surface area contributed by atoms with Gasteiger partial charge in [-0.1, -0.05) is 17.7 Å². The van der Waals surface area contributed by atoms with Crippen molar-refractivity contribution >= 4 is 41.5 Å². The van der Waals surface area contributed by atoms with Gasteiger partial charge < -0.3 is 15.4 Å². The van der Waals surface area contributed by atoms with Crippen LogP contribution in [0.1, 0.15) is 17.5 Å². The molecule has 2 rings (SSSR count). The van der Waals surface area contributed by atoms with Crippen molar-refractivity contribution in [2.45, 2.75) is 19.3 Å². The fraction of sp³-hybridized carbons (Fsp3) is 0.444. The van der Waals surface area contributed by atoms with Crippen LogP contribution in [-0.4, -0.2) is 43.0 Å². The summed E-state index contributed by atoms with van der Waals surface area (Å²) in [5, 5.41) is 11.5. The van der Waals surface area contributed by atoms with Crippen molar-refractivity contribution in [3.8, 4) is 5.75 Å². The Kier molecular flexibility index (Phi) is 10.4. The lowest BCUT2D eigenvalue weighted by molar-refractivity contribution is 0.414. The minimum absolute atomic E-state index is 0. The molecule has 0 aliphatic carbocycles. The number of halogens is 2. The Balaban J connectivity index is 0.00000338. The van der Waals surface area contributed by atoms with Crippen LogP contribution in [0, 0.1) is 0 Å². The summed E-state index contributed by atoms with van der Waals surface area (Å²) < 4.78 is 6.99. The van der Waals surface area contributed by atoms with Crippen LogP contribution in [0.2, 0.25) is 5.02 Å². The molecule has 26 heavy (non-hydrogen) atoms. The number of aryl methyl sites for hydroxylation is 2. The van der Waals surface area contributed by atoms with E-state index in [1.54, 1.807) is 14.2 Å². The van der Waals surface area contributed by atoms with Gasteiger partial charge >= 0.3 is 0 Å². The minimum atomic E-state index is 0. The summed E-state index contributed by atoms with van der Waals surface area (Å²) in [4.78, 5) is 4.24. The van der Waals surface area contributed by atoms with Crippen molar-refractivity contribution in [2.24, 2.45) is 12.0 Å². The highest BCUT2D eigenvalue weighted by molar-refractivity contribution is 14.0. The molecule has 0 saturated carbocycles. The Morgan fingerprint density at radius 3 is 2.65 bits per heavy atom. The van der Waals surface area contributed by atoms with Gasteiger partial charge in [0, 0.05) is 38.4 Å². The zero-order chi connectivity index (χ0) is 18.1. The molecule has 0 fully saturated rings.